The van der Waals surface area contributed by atoms with Gasteiger partial charge < -0.3 is 4.74 Å². The van der Waals surface area contributed by atoms with Crippen molar-refractivity contribution in [1.82, 2.24) is 9.88 Å². The molecule has 3 nitrogen and oxygen atoms in total. The molecule has 0 amide bonds. The van der Waals surface area contributed by atoms with Crippen LogP contribution in [0.25, 0.3) is 0 Å². The number of hydrogen-bond acceptors (Lipinski definition) is 4. The van der Waals surface area contributed by atoms with Gasteiger partial charge in [0.1, 0.15) is 5.75 Å². The van der Waals surface area contributed by atoms with Crippen molar-refractivity contribution in [3.8, 4) is 5.75 Å². The van der Waals surface area contributed by atoms with Crippen LogP contribution in [0.4, 0.5) is 0 Å². The molecule has 0 atom stereocenters. The second-order valence-corrected chi connectivity index (χ2v) is 4.72. The highest BCUT2D eigenvalue weighted by atomic mass is 32.1. The highest BCUT2D eigenvalue weighted by Crippen LogP contribution is 2.13. The fraction of sp³-hybridized carbons (Fsp3) is 0.308. The van der Waals surface area contributed by atoms with Gasteiger partial charge in [0.05, 0.1) is 18.3 Å². The number of aromatic nitrogens is 1. The van der Waals surface area contributed by atoms with Crippen molar-refractivity contribution in [2.75, 3.05) is 14.2 Å². The molecule has 0 spiro atoms. The van der Waals surface area contributed by atoms with E-state index in [4.69, 9.17) is 4.74 Å². The molecule has 4 heteroatoms. The van der Waals surface area contributed by atoms with Gasteiger partial charge >= 0.3 is 0 Å². The van der Waals surface area contributed by atoms with Crippen molar-refractivity contribution in [2.45, 2.75) is 13.1 Å². The Balaban J connectivity index is 1.91. The van der Waals surface area contributed by atoms with E-state index in [1.807, 2.05) is 17.6 Å². The van der Waals surface area contributed by atoms with Crippen molar-refractivity contribution in [3.05, 3.63) is 46.4 Å². The number of benzene rings is 1. The van der Waals surface area contributed by atoms with Gasteiger partial charge in [0.25, 0.3) is 0 Å². The Morgan fingerprint density at radius 1 is 1.24 bits per heavy atom. The summed E-state index contributed by atoms with van der Waals surface area (Å²) in [6, 6.07) is 8.17. The van der Waals surface area contributed by atoms with E-state index in [1.165, 1.54) is 5.56 Å². The summed E-state index contributed by atoms with van der Waals surface area (Å²) in [5.74, 6) is 0.899. The summed E-state index contributed by atoms with van der Waals surface area (Å²) in [6.07, 6.45) is 0. The SMILES string of the molecule is COc1ccc(CN(C)Cc2cscn2)cc1. The van der Waals surface area contributed by atoms with E-state index in [0.29, 0.717) is 0 Å². The molecular weight excluding hydrogens is 232 g/mol. The molecule has 1 heterocycles. The highest BCUT2D eigenvalue weighted by Gasteiger charge is 2.03. The Kier molecular flexibility index (Phi) is 4.12. The molecule has 2 rings (SSSR count). The number of ether oxygens (including phenoxy) is 1. The second-order valence-electron chi connectivity index (χ2n) is 4.00. The summed E-state index contributed by atoms with van der Waals surface area (Å²) < 4.78 is 5.14. The van der Waals surface area contributed by atoms with Gasteiger partial charge in [0, 0.05) is 18.5 Å². The molecule has 0 aliphatic rings. The van der Waals surface area contributed by atoms with Crippen LogP contribution in [0.15, 0.2) is 35.2 Å². The minimum Gasteiger partial charge on any atom is -0.497 e. The number of methoxy groups -OCH3 is 1. The topological polar surface area (TPSA) is 25.4 Å². The maximum absolute atomic E-state index is 5.14. The van der Waals surface area contributed by atoms with Gasteiger partial charge in [-0.1, -0.05) is 12.1 Å². The van der Waals surface area contributed by atoms with Crippen LogP contribution < -0.4 is 4.74 Å². The highest BCUT2D eigenvalue weighted by molar-refractivity contribution is 7.07. The van der Waals surface area contributed by atoms with Crippen molar-refractivity contribution in [1.29, 1.82) is 0 Å². The van der Waals surface area contributed by atoms with Gasteiger partial charge in [-0.3, -0.25) is 4.90 Å². The minimum atomic E-state index is 0.884. The largest absolute Gasteiger partial charge is 0.497 e. The Morgan fingerprint density at radius 2 is 2.00 bits per heavy atom. The average molecular weight is 248 g/mol. The molecular formula is C13H16N2OS. The summed E-state index contributed by atoms with van der Waals surface area (Å²) in [6.45, 7) is 1.80. The van der Waals surface area contributed by atoms with Crippen LogP contribution in [0.3, 0.4) is 0 Å². The summed E-state index contributed by atoms with van der Waals surface area (Å²) in [4.78, 5) is 6.53. The van der Waals surface area contributed by atoms with Gasteiger partial charge in [-0.2, -0.15) is 0 Å². The predicted octanol–water partition coefficient (Wildman–Crippen LogP) is 2.78. The average Bonchev–Trinajstić information content (AvgIpc) is 2.82. The molecule has 17 heavy (non-hydrogen) atoms. The van der Waals surface area contributed by atoms with Crippen LogP contribution in [0, 0.1) is 0 Å². The van der Waals surface area contributed by atoms with Crippen molar-refractivity contribution >= 4 is 11.3 Å². The Hall–Kier alpha value is -1.39. The minimum absolute atomic E-state index is 0.884. The van der Waals surface area contributed by atoms with E-state index in [0.717, 1.165) is 24.5 Å². The third-order valence-corrected chi connectivity index (χ3v) is 3.16. The van der Waals surface area contributed by atoms with Crippen molar-refractivity contribution in [2.24, 2.45) is 0 Å². The molecule has 1 aromatic carbocycles. The molecule has 0 fully saturated rings. The van der Waals surface area contributed by atoms with E-state index in [-0.39, 0.29) is 0 Å². The van der Waals surface area contributed by atoms with Crippen molar-refractivity contribution < 1.29 is 4.74 Å². The molecule has 0 saturated carbocycles. The monoisotopic (exact) mass is 248 g/mol. The van der Waals surface area contributed by atoms with Crippen LogP contribution in [0.5, 0.6) is 5.75 Å². The van der Waals surface area contributed by atoms with Crippen LogP contribution in [-0.2, 0) is 13.1 Å². The first-order chi connectivity index (χ1) is 8.28. The first-order valence-electron chi connectivity index (χ1n) is 5.46. The number of nitrogens with zero attached hydrogens (tertiary/aromatic N) is 2. The molecule has 0 radical (unpaired) electrons. The summed E-state index contributed by atoms with van der Waals surface area (Å²) in [7, 11) is 3.78. The zero-order chi connectivity index (χ0) is 12.1. The second kappa shape index (κ2) is 5.80. The van der Waals surface area contributed by atoms with Crippen molar-refractivity contribution in [3.63, 3.8) is 0 Å². The van der Waals surface area contributed by atoms with Gasteiger partial charge in [-0.25, -0.2) is 4.98 Å². The van der Waals surface area contributed by atoms with Crippen LogP contribution >= 0.6 is 11.3 Å². The van der Waals surface area contributed by atoms with Crippen LogP contribution in [0.2, 0.25) is 0 Å². The number of thiazole rings is 1. The lowest BCUT2D eigenvalue weighted by Crippen LogP contribution is -2.17. The van der Waals surface area contributed by atoms with Crippen LogP contribution in [0.1, 0.15) is 11.3 Å². The Bertz CT molecular complexity index is 439. The predicted molar refractivity (Wildman–Crippen MR) is 70.3 cm³/mol. The molecule has 0 aliphatic heterocycles. The van der Waals surface area contributed by atoms with Gasteiger partial charge in [-0.15, -0.1) is 11.3 Å². The standard InChI is InChI=1S/C13H16N2OS/c1-15(8-12-9-17-10-14-12)7-11-3-5-13(16-2)6-4-11/h3-6,9-10H,7-8H2,1-2H3. The molecule has 0 aliphatic carbocycles. The Labute approximate surface area is 106 Å². The maximum atomic E-state index is 5.14. The zero-order valence-electron chi connectivity index (χ0n) is 10.1. The van der Waals surface area contributed by atoms with E-state index in [9.17, 15) is 0 Å². The van der Waals surface area contributed by atoms with Gasteiger partial charge in [-0.05, 0) is 24.7 Å². The smallest absolute Gasteiger partial charge is 0.118 e. The van der Waals surface area contributed by atoms with Gasteiger partial charge in [0.15, 0.2) is 0 Å². The van der Waals surface area contributed by atoms with E-state index in [1.54, 1.807) is 18.4 Å². The molecule has 90 valence electrons. The molecule has 0 bridgehead atoms. The Morgan fingerprint density at radius 3 is 2.59 bits per heavy atom. The lowest BCUT2D eigenvalue weighted by Gasteiger charge is -2.15. The number of rotatable bonds is 5. The third kappa shape index (κ3) is 3.54. The fourth-order valence-corrected chi connectivity index (χ4v) is 2.24. The number of hydrogen-bond donors (Lipinski definition) is 0. The van der Waals surface area contributed by atoms with Gasteiger partial charge in [0.2, 0.25) is 0 Å². The maximum Gasteiger partial charge on any atom is 0.118 e. The van der Waals surface area contributed by atoms with Crippen LogP contribution in [-0.4, -0.2) is 24.0 Å². The summed E-state index contributed by atoms with van der Waals surface area (Å²) in [5.41, 5.74) is 4.28. The molecule has 0 N–H and O–H groups in total. The molecule has 0 saturated heterocycles. The first-order valence-corrected chi connectivity index (χ1v) is 6.41. The normalized spacial score (nSPS) is 10.8. The van der Waals surface area contributed by atoms with E-state index >= 15 is 0 Å². The molecule has 0 unspecified atom stereocenters. The molecule has 2 aromatic rings. The first kappa shape index (κ1) is 12.1. The zero-order valence-corrected chi connectivity index (χ0v) is 10.9. The lowest BCUT2D eigenvalue weighted by molar-refractivity contribution is 0.315. The molecule has 1 aromatic heterocycles. The quantitative estimate of drug-likeness (QED) is 0.813. The summed E-state index contributed by atoms with van der Waals surface area (Å²) >= 11 is 1.64. The fourth-order valence-electron chi connectivity index (χ4n) is 1.69. The van der Waals surface area contributed by atoms with E-state index in [2.05, 4.69) is 34.4 Å². The lowest BCUT2D eigenvalue weighted by atomic mass is 10.2. The summed E-state index contributed by atoms with van der Waals surface area (Å²) in [5, 5.41) is 2.09. The third-order valence-electron chi connectivity index (χ3n) is 2.53. The van der Waals surface area contributed by atoms with E-state index < -0.39 is 0 Å².